The van der Waals surface area contributed by atoms with Crippen LogP contribution in [0.4, 0.5) is 0 Å². The standard InChI is InChI=1S/C33H31Cl2N3O4/c1-22-7-6-10-26(17-22)21-41-28-14-11-25(12-15-28)20-36-38-33(40)30(18-24-8-4-3-5-9-24)37-32(39)23(2)42-31-16-13-27(34)19-29(31)35/h3-17,19-20,23,30H,18,21H2,1-2H3,(H,37,39)(H,38,40)/b36-20-/t23-,30-/m0/s1. The summed E-state index contributed by atoms with van der Waals surface area (Å²) in [5, 5.41) is 7.60. The SMILES string of the molecule is Cc1cccc(COc2ccc(/C=N\NC(=O)[C@H](Cc3ccccc3)NC(=O)[C@H](C)Oc3ccc(Cl)cc3Cl)cc2)c1. The first kappa shape index (κ1) is 30.6. The summed E-state index contributed by atoms with van der Waals surface area (Å²) in [4.78, 5) is 26.1. The number of hydrogen-bond donors (Lipinski definition) is 2. The lowest BCUT2D eigenvalue weighted by molar-refractivity contribution is -0.132. The van der Waals surface area contributed by atoms with Crippen LogP contribution in [0.1, 0.15) is 29.2 Å². The number of nitrogens with zero attached hydrogens (tertiary/aromatic N) is 1. The average molecular weight is 605 g/mol. The number of aryl methyl sites for hydroxylation is 1. The van der Waals surface area contributed by atoms with Crippen molar-refractivity contribution in [1.82, 2.24) is 10.7 Å². The molecule has 0 aliphatic heterocycles. The number of halogens is 2. The molecule has 4 aromatic carbocycles. The Balaban J connectivity index is 1.35. The maximum absolute atomic E-state index is 13.1. The van der Waals surface area contributed by atoms with Gasteiger partial charge in [-0.15, -0.1) is 0 Å². The third-order valence-corrected chi connectivity index (χ3v) is 6.77. The van der Waals surface area contributed by atoms with Gasteiger partial charge in [0.15, 0.2) is 6.10 Å². The van der Waals surface area contributed by atoms with E-state index in [1.54, 1.807) is 19.1 Å². The molecule has 0 saturated carbocycles. The minimum Gasteiger partial charge on any atom is -0.489 e. The zero-order valence-corrected chi connectivity index (χ0v) is 24.7. The summed E-state index contributed by atoms with van der Waals surface area (Å²) in [5.41, 5.74) is 6.45. The average Bonchev–Trinajstić information content (AvgIpc) is 2.98. The summed E-state index contributed by atoms with van der Waals surface area (Å²) in [7, 11) is 0. The molecule has 2 amide bonds. The molecular formula is C33H31Cl2N3O4. The number of carbonyl (C=O) groups is 2. The fourth-order valence-corrected chi connectivity index (χ4v) is 4.48. The van der Waals surface area contributed by atoms with Gasteiger partial charge in [0.25, 0.3) is 11.8 Å². The van der Waals surface area contributed by atoms with Crippen LogP contribution in [0.2, 0.25) is 10.0 Å². The summed E-state index contributed by atoms with van der Waals surface area (Å²) < 4.78 is 11.6. The van der Waals surface area contributed by atoms with Crippen LogP contribution >= 0.6 is 23.2 Å². The molecule has 0 radical (unpaired) electrons. The second kappa shape index (κ2) is 15.1. The summed E-state index contributed by atoms with van der Waals surface area (Å²) in [6, 6.07) is 28.7. The molecule has 0 aromatic heterocycles. The van der Waals surface area contributed by atoms with Crippen molar-refractivity contribution in [2.75, 3.05) is 0 Å². The highest BCUT2D eigenvalue weighted by Crippen LogP contribution is 2.28. The van der Waals surface area contributed by atoms with Crippen molar-refractivity contribution in [2.24, 2.45) is 5.10 Å². The first-order chi connectivity index (χ1) is 20.3. The minimum absolute atomic E-state index is 0.259. The first-order valence-corrected chi connectivity index (χ1v) is 14.1. The Labute approximate surface area is 255 Å². The van der Waals surface area contributed by atoms with Crippen molar-refractivity contribution < 1.29 is 19.1 Å². The van der Waals surface area contributed by atoms with E-state index in [2.05, 4.69) is 21.9 Å². The molecule has 7 nitrogen and oxygen atoms in total. The van der Waals surface area contributed by atoms with Crippen molar-refractivity contribution in [3.8, 4) is 11.5 Å². The smallest absolute Gasteiger partial charge is 0.262 e. The molecule has 0 aliphatic carbocycles. The lowest BCUT2D eigenvalue weighted by atomic mass is 10.1. The molecule has 9 heteroatoms. The van der Waals surface area contributed by atoms with Crippen molar-refractivity contribution in [2.45, 2.75) is 39.0 Å². The molecule has 0 bridgehead atoms. The van der Waals surface area contributed by atoms with E-state index in [0.717, 1.165) is 22.4 Å². The van der Waals surface area contributed by atoms with Crippen LogP contribution in [0.25, 0.3) is 0 Å². The lowest BCUT2D eigenvalue weighted by Gasteiger charge is -2.21. The van der Waals surface area contributed by atoms with Crippen molar-refractivity contribution in [1.29, 1.82) is 0 Å². The Bertz CT molecular complexity index is 1530. The summed E-state index contributed by atoms with van der Waals surface area (Å²) in [6.07, 6.45) is 0.859. The number of nitrogens with one attached hydrogen (secondary N) is 2. The molecular weight excluding hydrogens is 573 g/mol. The normalized spacial score (nSPS) is 12.4. The van der Waals surface area contributed by atoms with Gasteiger partial charge in [0.05, 0.1) is 11.2 Å². The highest BCUT2D eigenvalue weighted by atomic mass is 35.5. The number of benzene rings is 4. The Morgan fingerprint density at radius 1 is 0.881 bits per heavy atom. The van der Waals surface area contributed by atoms with Gasteiger partial charge in [0.1, 0.15) is 24.1 Å². The zero-order chi connectivity index (χ0) is 29.9. The van der Waals surface area contributed by atoms with Crippen LogP contribution in [-0.4, -0.2) is 30.2 Å². The van der Waals surface area contributed by atoms with E-state index in [-0.39, 0.29) is 11.4 Å². The fraction of sp³-hybridized carbons (Fsp3) is 0.182. The zero-order valence-electron chi connectivity index (χ0n) is 23.2. The molecule has 0 spiro atoms. The molecule has 42 heavy (non-hydrogen) atoms. The third kappa shape index (κ3) is 9.36. The quantitative estimate of drug-likeness (QED) is 0.142. The topological polar surface area (TPSA) is 89.0 Å². The number of amides is 2. The van der Waals surface area contributed by atoms with E-state index in [1.807, 2.05) is 79.7 Å². The van der Waals surface area contributed by atoms with E-state index in [4.69, 9.17) is 32.7 Å². The van der Waals surface area contributed by atoms with Crippen molar-refractivity contribution >= 4 is 41.2 Å². The van der Waals surface area contributed by atoms with Crippen LogP contribution in [0.3, 0.4) is 0 Å². The fourth-order valence-electron chi connectivity index (χ4n) is 4.03. The third-order valence-electron chi connectivity index (χ3n) is 6.24. The van der Waals surface area contributed by atoms with Gasteiger partial charge in [-0.3, -0.25) is 9.59 Å². The summed E-state index contributed by atoms with van der Waals surface area (Å²) in [6.45, 7) is 4.09. The van der Waals surface area contributed by atoms with Crippen molar-refractivity contribution in [3.63, 3.8) is 0 Å². The Morgan fingerprint density at radius 2 is 1.62 bits per heavy atom. The van der Waals surface area contributed by atoms with Crippen LogP contribution < -0.4 is 20.2 Å². The molecule has 2 atom stereocenters. The van der Waals surface area contributed by atoms with Crippen LogP contribution in [-0.2, 0) is 22.6 Å². The van der Waals surface area contributed by atoms with Crippen LogP contribution in [0.15, 0.2) is 102 Å². The van der Waals surface area contributed by atoms with E-state index >= 15 is 0 Å². The van der Waals surface area contributed by atoms with Gasteiger partial charge in [-0.05, 0) is 73.0 Å². The minimum atomic E-state index is -0.926. The van der Waals surface area contributed by atoms with Gasteiger partial charge in [0.2, 0.25) is 0 Å². The van der Waals surface area contributed by atoms with E-state index in [1.165, 1.54) is 17.8 Å². The number of carbonyl (C=O) groups excluding carboxylic acids is 2. The highest BCUT2D eigenvalue weighted by Gasteiger charge is 2.25. The van der Waals surface area contributed by atoms with E-state index < -0.39 is 24.0 Å². The molecule has 0 fully saturated rings. The highest BCUT2D eigenvalue weighted by molar-refractivity contribution is 6.35. The molecule has 0 heterocycles. The van der Waals surface area contributed by atoms with Gasteiger partial charge in [-0.2, -0.15) is 5.10 Å². The molecule has 0 aliphatic rings. The molecule has 4 aromatic rings. The molecule has 216 valence electrons. The monoisotopic (exact) mass is 603 g/mol. The van der Waals surface area contributed by atoms with Gasteiger partial charge in [-0.25, -0.2) is 5.43 Å². The predicted molar refractivity (Wildman–Crippen MR) is 166 cm³/mol. The van der Waals surface area contributed by atoms with E-state index in [9.17, 15) is 9.59 Å². The molecule has 2 N–H and O–H groups in total. The molecule has 0 unspecified atom stereocenters. The van der Waals surface area contributed by atoms with Gasteiger partial charge in [0, 0.05) is 11.4 Å². The summed E-state index contributed by atoms with van der Waals surface area (Å²) in [5.74, 6) is 0.0733. The number of hydrogen-bond acceptors (Lipinski definition) is 5. The van der Waals surface area contributed by atoms with Crippen LogP contribution in [0, 0.1) is 6.92 Å². The van der Waals surface area contributed by atoms with Crippen LogP contribution in [0.5, 0.6) is 11.5 Å². The number of ether oxygens (including phenoxy) is 2. The summed E-state index contributed by atoms with van der Waals surface area (Å²) >= 11 is 12.1. The molecule has 4 rings (SSSR count). The van der Waals surface area contributed by atoms with E-state index in [0.29, 0.717) is 17.4 Å². The Hall–Kier alpha value is -4.33. The predicted octanol–water partition coefficient (Wildman–Crippen LogP) is 6.53. The Kier molecular flexibility index (Phi) is 11.0. The molecule has 0 saturated heterocycles. The van der Waals surface area contributed by atoms with Crippen molar-refractivity contribution in [3.05, 3.63) is 129 Å². The largest absolute Gasteiger partial charge is 0.489 e. The second-order valence-electron chi connectivity index (χ2n) is 9.67. The van der Waals surface area contributed by atoms with Gasteiger partial charge in [-0.1, -0.05) is 83.4 Å². The van der Waals surface area contributed by atoms with Gasteiger partial charge < -0.3 is 14.8 Å². The Morgan fingerprint density at radius 3 is 2.33 bits per heavy atom. The second-order valence-corrected chi connectivity index (χ2v) is 10.5. The lowest BCUT2D eigenvalue weighted by Crippen LogP contribution is -2.50. The number of rotatable bonds is 12. The maximum atomic E-state index is 13.1. The maximum Gasteiger partial charge on any atom is 0.262 e. The van der Waals surface area contributed by atoms with Gasteiger partial charge >= 0.3 is 0 Å². The number of hydrazone groups is 1. The first-order valence-electron chi connectivity index (χ1n) is 13.3.